The first kappa shape index (κ1) is 17.6. The van der Waals surface area contributed by atoms with Crippen LogP contribution < -0.4 is 4.72 Å². The molecule has 8 nitrogen and oxygen atoms in total. The van der Waals surface area contributed by atoms with Crippen molar-refractivity contribution in [1.29, 1.82) is 0 Å². The fraction of sp³-hybridized carbons (Fsp3) is 0.118. The van der Waals surface area contributed by atoms with Crippen molar-refractivity contribution < 1.29 is 13.3 Å². The summed E-state index contributed by atoms with van der Waals surface area (Å²) >= 11 is 0. The maximum absolute atomic E-state index is 12.7. The monoisotopic (exact) mass is 372 g/mol. The van der Waals surface area contributed by atoms with Crippen LogP contribution in [0.4, 0.5) is 11.4 Å². The molecule has 0 saturated heterocycles. The van der Waals surface area contributed by atoms with Crippen LogP contribution in [0.5, 0.6) is 0 Å². The quantitative estimate of drug-likeness (QED) is 0.529. The van der Waals surface area contributed by atoms with E-state index in [9.17, 15) is 18.5 Å². The van der Waals surface area contributed by atoms with Gasteiger partial charge >= 0.3 is 0 Å². The molecule has 3 rings (SSSR count). The molecule has 1 heterocycles. The van der Waals surface area contributed by atoms with Gasteiger partial charge in [-0.3, -0.25) is 19.5 Å². The van der Waals surface area contributed by atoms with E-state index in [1.165, 1.54) is 37.5 Å². The second-order valence-corrected chi connectivity index (χ2v) is 7.32. The number of hydrogen-bond donors (Lipinski definition) is 1. The summed E-state index contributed by atoms with van der Waals surface area (Å²) in [5, 5.41) is 15.3. The van der Waals surface area contributed by atoms with Crippen molar-refractivity contribution in [2.75, 3.05) is 4.72 Å². The van der Waals surface area contributed by atoms with Gasteiger partial charge < -0.3 is 0 Å². The number of rotatable bonds is 6. The molecule has 0 aliphatic rings. The van der Waals surface area contributed by atoms with Crippen LogP contribution in [0.3, 0.4) is 0 Å². The summed E-state index contributed by atoms with van der Waals surface area (Å²) in [7, 11) is -4.12. The molecule has 2 aromatic carbocycles. The third kappa shape index (κ3) is 3.72. The van der Waals surface area contributed by atoms with E-state index in [1.807, 2.05) is 30.3 Å². The highest BCUT2D eigenvalue weighted by Crippen LogP contribution is 2.28. The summed E-state index contributed by atoms with van der Waals surface area (Å²) in [4.78, 5) is 10.1. The van der Waals surface area contributed by atoms with E-state index in [-0.39, 0.29) is 10.6 Å². The summed E-state index contributed by atoms with van der Waals surface area (Å²) in [6.45, 7) is 1.99. The highest BCUT2D eigenvalue weighted by Gasteiger charge is 2.28. The van der Waals surface area contributed by atoms with E-state index in [2.05, 4.69) is 9.82 Å². The fourth-order valence-electron chi connectivity index (χ4n) is 2.61. The lowest BCUT2D eigenvalue weighted by Crippen LogP contribution is -2.15. The Kier molecular flexibility index (Phi) is 4.72. The van der Waals surface area contributed by atoms with Gasteiger partial charge in [0.05, 0.1) is 23.4 Å². The first-order valence-electron chi connectivity index (χ1n) is 7.70. The molecule has 134 valence electrons. The van der Waals surface area contributed by atoms with Crippen molar-refractivity contribution in [2.24, 2.45) is 0 Å². The third-order valence-corrected chi connectivity index (χ3v) is 5.30. The number of nitro benzene ring substituents is 1. The normalized spacial score (nSPS) is 11.3. The minimum Gasteiger partial charge on any atom is -0.276 e. The lowest BCUT2D eigenvalue weighted by atomic mass is 10.2. The molecule has 0 aliphatic heterocycles. The van der Waals surface area contributed by atoms with Crippen molar-refractivity contribution in [3.8, 4) is 0 Å². The van der Waals surface area contributed by atoms with E-state index >= 15 is 0 Å². The Morgan fingerprint density at radius 1 is 1.15 bits per heavy atom. The van der Waals surface area contributed by atoms with Gasteiger partial charge in [0.15, 0.2) is 4.90 Å². The van der Waals surface area contributed by atoms with Gasteiger partial charge in [0.2, 0.25) is 0 Å². The molecular formula is C17H16N4O4S. The summed E-state index contributed by atoms with van der Waals surface area (Å²) in [5.41, 5.74) is 1.08. The summed E-state index contributed by atoms with van der Waals surface area (Å²) in [6, 6.07) is 13.7. The Balaban J connectivity index is 1.87. The van der Waals surface area contributed by atoms with Crippen LogP contribution in [-0.2, 0) is 16.6 Å². The maximum atomic E-state index is 12.7. The van der Waals surface area contributed by atoms with Crippen LogP contribution >= 0.6 is 0 Å². The zero-order valence-electron chi connectivity index (χ0n) is 13.9. The third-order valence-electron chi connectivity index (χ3n) is 3.73. The number of benzene rings is 2. The lowest BCUT2D eigenvalue weighted by Gasteiger charge is -2.09. The maximum Gasteiger partial charge on any atom is 0.290 e. The number of nitrogens with zero attached hydrogens (tertiary/aromatic N) is 3. The zero-order valence-corrected chi connectivity index (χ0v) is 14.7. The van der Waals surface area contributed by atoms with Gasteiger partial charge in [0.25, 0.3) is 15.7 Å². The summed E-state index contributed by atoms with van der Waals surface area (Å²) < 4.78 is 29.3. The predicted molar refractivity (Wildman–Crippen MR) is 96.4 cm³/mol. The topological polar surface area (TPSA) is 107 Å². The Morgan fingerprint density at radius 3 is 2.58 bits per heavy atom. The Labute approximate surface area is 150 Å². The second-order valence-electron chi connectivity index (χ2n) is 5.70. The van der Waals surface area contributed by atoms with Crippen molar-refractivity contribution in [1.82, 2.24) is 9.78 Å². The fourth-order valence-corrected chi connectivity index (χ4v) is 4.04. The molecule has 0 bridgehead atoms. The number of nitrogens with one attached hydrogen (secondary N) is 1. The lowest BCUT2D eigenvalue weighted by molar-refractivity contribution is -0.387. The van der Waals surface area contributed by atoms with Gasteiger partial charge in [0, 0.05) is 12.3 Å². The Bertz CT molecular complexity index is 1050. The van der Waals surface area contributed by atoms with Crippen molar-refractivity contribution in [3.05, 3.63) is 82.2 Å². The predicted octanol–water partition coefficient (Wildman–Crippen LogP) is 2.95. The molecule has 1 aromatic heterocycles. The van der Waals surface area contributed by atoms with Crippen LogP contribution in [0.25, 0.3) is 0 Å². The summed E-state index contributed by atoms with van der Waals surface area (Å²) in [5.74, 6) is 0. The summed E-state index contributed by atoms with van der Waals surface area (Å²) in [6.07, 6.45) is 2.90. The average molecular weight is 372 g/mol. The van der Waals surface area contributed by atoms with Gasteiger partial charge in [-0.05, 0) is 18.1 Å². The van der Waals surface area contributed by atoms with E-state index in [1.54, 1.807) is 4.68 Å². The number of nitro groups is 1. The van der Waals surface area contributed by atoms with Crippen LogP contribution in [0.1, 0.15) is 11.1 Å². The molecule has 0 spiro atoms. The van der Waals surface area contributed by atoms with Crippen molar-refractivity contribution in [2.45, 2.75) is 18.4 Å². The van der Waals surface area contributed by atoms with E-state index in [4.69, 9.17) is 0 Å². The zero-order chi connectivity index (χ0) is 18.7. The first-order valence-corrected chi connectivity index (χ1v) is 9.18. The van der Waals surface area contributed by atoms with Gasteiger partial charge in [-0.1, -0.05) is 42.5 Å². The molecule has 3 aromatic rings. The van der Waals surface area contributed by atoms with Crippen LogP contribution in [-0.4, -0.2) is 23.1 Å². The SMILES string of the molecule is Cc1cccc([N+](=O)[O-])c1S(=O)(=O)Nc1cnn(Cc2ccccc2)c1. The molecule has 0 saturated carbocycles. The highest BCUT2D eigenvalue weighted by atomic mass is 32.2. The number of hydrogen-bond acceptors (Lipinski definition) is 5. The van der Waals surface area contributed by atoms with Crippen LogP contribution in [0.2, 0.25) is 0 Å². The average Bonchev–Trinajstić information content (AvgIpc) is 3.01. The molecule has 1 N–H and O–H groups in total. The number of aromatic nitrogens is 2. The minimum absolute atomic E-state index is 0.235. The molecule has 26 heavy (non-hydrogen) atoms. The van der Waals surface area contributed by atoms with Gasteiger partial charge in [-0.15, -0.1) is 0 Å². The van der Waals surface area contributed by atoms with E-state index in [0.29, 0.717) is 12.1 Å². The molecule has 0 amide bonds. The molecule has 0 unspecified atom stereocenters. The van der Waals surface area contributed by atoms with Gasteiger partial charge in [-0.25, -0.2) is 8.42 Å². The Hall–Kier alpha value is -3.20. The molecule has 0 fully saturated rings. The number of aryl methyl sites for hydroxylation is 1. The molecule has 0 atom stereocenters. The van der Waals surface area contributed by atoms with Gasteiger partial charge in [0.1, 0.15) is 0 Å². The standard InChI is InChI=1S/C17H16N4O4S/c1-13-6-5-9-16(21(22)23)17(13)26(24,25)19-15-10-18-20(12-15)11-14-7-3-2-4-8-14/h2-10,12,19H,11H2,1H3. The van der Waals surface area contributed by atoms with Crippen LogP contribution in [0.15, 0.2) is 65.8 Å². The van der Waals surface area contributed by atoms with E-state index in [0.717, 1.165) is 5.56 Å². The minimum atomic E-state index is -4.12. The largest absolute Gasteiger partial charge is 0.290 e. The van der Waals surface area contributed by atoms with E-state index < -0.39 is 20.6 Å². The number of sulfonamides is 1. The molecule has 9 heteroatoms. The van der Waals surface area contributed by atoms with Crippen LogP contribution in [0, 0.1) is 17.0 Å². The molecule has 0 radical (unpaired) electrons. The Morgan fingerprint density at radius 2 is 1.88 bits per heavy atom. The smallest absolute Gasteiger partial charge is 0.276 e. The molecule has 0 aliphatic carbocycles. The molecular weight excluding hydrogens is 356 g/mol. The highest BCUT2D eigenvalue weighted by molar-refractivity contribution is 7.93. The number of anilines is 1. The van der Waals surface area contributed by atoms with Crippen molar-refractivity contribution >= 4 is 21.4 Å². The van der Waals surface area contributed by atoms with Crippen molar-refractivity contribution in [3.63, 3.8) is 0 Å². The first-order chi connectivity index (χ1) is 12.4. The van der Waals surface area contributed by atoms with Gasteiger partial charge in [-0.2, -0.15) is 5.10 Å². The second kappa shape index (κ2) is 6.96.